The molecule has 0 spiro atoms. The van der Waals surface area contributed by atoms with Gasteiger partial charge in [-0.15, -0.1) is 0 Å². The highest BCUT2D eigenvalue weighted by Crippen LogP contribution is 2.20. The maximum atomic E-state index is 12.4. The van der Waals surface area contributed by atoms with Gasteiger partial charge in [-0.05, 0) is 51.0 Å². The van der Waals surface area contributed by atoms with Crippen molar-refractivity contribution >= 4 is 21.7 Å². The molecular formula is C18H29N3O3S. The third-order valence-electron chi connectivity index (χ3n) is 4.71. The van der Waals surface area contributed by atoms with E-state index < -0.39 is 10.0 Å². The zero-order valence-corrected chi connectivity index (χ0v) is 16.1. The Bertz CT molecular complexity index is 663. The molecule has 1 aromatic rings. The Morgan fingerprint density at radius 1 is 1.08 bits per heavy atom. The second-order valence-corrected chi connectivity index (χ2v) is 8.92. The Balaban J connectivity index is 1.96. The molecule has 0 atom stereocenters. The Morgan fingerprint density at radius 2 is 1.64 bits per heavy atom. The number of hydrogen-bond donors (Lipinski definition) is 2. The lowest BCUT2D eigenvalue weighted by molar-refractivity contribution is 0.247. The summed E-state index contributed by atoms with van der Waals surface area (Å²) in [7, 11) is -1.94. The number of carbonyl (C=O) groups is 1. The smallest absolute Gasteiger partial charge is 0.319 e. The molecule has 0 aliphatic heterocycles. The van der Waals surface area contributed by atoms with Crippen molar-refractivity contribution in [2.75, 3.05) is 12.4 Å². The molecule has 0 radical (unpaired) electrons. The van der Waals surface area contributed by atoms with Crippen molar-refractivity contribution in [3.05, 3.63) is 24.3 Å². The highest BCUT2D eigenvalue weighted by Gasteiger charge is 2.23. The van der Waals surface area contributed by atoms with Crippen molar-refractivity contribution in [1.82, 2.24) is 9.62 Å². The van der Waals surface area contributed by atoms with Gasteiger partial charge in [0, 0.05) is 24.8 Å². The fourth-order valence-electron chi connectivity index (χ4n) is 2.93. The van der Waals surface area contributed by atoms with Crippen molar-refractivity contribution in [2.24, 2.45) is 0 Å². The first-order chi connectivity index (χ1) is 11.8. The molecule has 1 saturated carbocycles. The summed E-state index contributed by atoms with van der Waals surface area (Å²) in [6, 6.07) is 6.16. The van der Waals surface area contributed by atoms with Crippen LogP contribution in [0.5, 0.6) is 0 Å². The molecule has 1 aliphatic carbocycles. The van der Waals surface area contributed by atoms with E-state index in [1.807, 2.05) is 13.8 Å². The van der Waals surface area contributed by atoms with Crippen LogP contribution in [0.4, 0.5) is 10.5 Å². The molecule has 6 nitrogen and oxygen atoms in total. The summed E-state index contributed by atoms with van der Waals surface area (Å²) in [5.41, 5.74) is 0.581. The SMILES string of the molecule is CC(C)N(C)S(=O)(=O)c1ccc(NC(=O)NC2CCCCCC2)cc1. The maximum absolute atomic E-state index is 12.4. The highest BCUT2D eigenvalue weighted by atomic mass is 32.2. The molecule has 0 aromatic heterocycles. The van der Waals surface area contributed by atoms with Crippen LogP contribution in [0.2, 0.25) is 0 Å². The second kappa shape index (κ2) is 8.67. The first kappa shape index (κ1) is 19.7. The van der Waals surface area contributed by atoms with Gasteiger partial charge in [-0.3, -0.25) is 0 Å². The van der Waals surface area contributed by atoms with E-state index in [1.165, 1.54) is 29.3 Å². The van der Waals surface area contributed by atoms with Crippen LogP contribution in [0.25, 0.3) is 0 Å². The van der Waals surface area contributed by atoms with Crippen molar-refractivity contribution in [3.63, 3.8) is 0 Å². The molecule has 0 saturated heterocycles. The standard InChI is InChI=1S/C18H29N3O3S/c1-14(2)21(3)25(23,24)17-12-10-16(11-13-17)20-18(22)19-15-8-6-4-5-7-9-15/h10-15H,4-9H2,1-3H3,(H2,19,20,22). The van der Waals surface area contributed by atoms with Crippen LogP contribution in [0.15, 0.2) is 29.2 Å². The van der Waals surface area contributed by atoms with Gasteiger partial charge in [-0.1, -0.05) is 25.7 Å². The number of amides is 2. The summed E-state index contributed by atoms with van der Waals surface area (Å²) in [6.45, 7) is 3.65. The van der Waals surface area contributed by atoms with Crippen LogP contribution in [0.1, 0.15) is 52.4 Å². The lowest BCUT2D eigenvalue weighted by Gasteiger charge is -2.21. The molecule has 2 amide bonds. The van der Waals surface area contributed by atoms with Crippen LogP contribution < -0.4 is 10.6 Å². The summed E-state index contributed by atoms with van der Waals surface area (Å²) in [4.78, 5) is 12.3. The molecule has 1 aliphatic rings. The van der Waals surface area contributed by atoms with Crippen LogP contribution in [0.3, 0.4) is 0 Å². The zero-order valence-electron chi connectivity index (χ0n) is 15.3. The number of nitrogens with zero attached hydrogens (tertiary/aromatic N) is 1. The van der Waals surface area contributed by atoms with Crippen LogP contribution >= 0.6 is 0 Å². The average molecular weight is 368 g/mol. The molecule has 25 heavy (non-hydrogen) atoms. The van der Waals surface area contributed by atoms with Gasteiger partial charge in [-0.25, -0.2) is 13.2 Å². The Labute approximate surface area is 151 Å². The Morgan fingerprint density at radius 3 is 2.16 bits per heavy atom. The minimum atomic E-state index is -3.51. The molecule has 0 bridgehead atoms. The van der Waals surface area contributed by atoms with E-state index in [2.05, 4.69) is 10.6 Å². The molecule has 140 valence electrons. The van der Waals surface area contributed by atoms with E-state index >= 15 is 0 Å². The summed E-state index contributed by atoms with van der Waals surface area (Å²) < 4.78 is 26.2. The van der Waals surface area contributed by atoms with Crippen molar-refractivity contribution in [2.45, 2.75) is 69.4 Å². The summed E-state index contributed by atoms with van der Waals surface area (Å²) >= 11 is 0. The molecule has 0 unspecified atom stereocenters. The van der Waals surface area contributed by atoms with Gasteiger partial charge < -0.3 is 10.6 Å². The van der Waals surface area contributed by atoms with E-state index in [9.17, 15) is 13.2 Å². The number of benzene rings is 1. The van der Waals surface area contributed by atoms with Crippen molar-refractivity contribution in [3.8, 4) is 0 Å². The number of nitrogens with one attached hydrogen (secondary N) is 2. The summed E-state index contributed by atoms with van der Waals surface area (Å²) in [5.74, 6) is 0. The van der Waals surface area contributed by atoms with Gasteiger partial charge in [0.05, 0.1) is 4.90 Å². The Hall–Kier alpha value is -1.60. The van der Waals surface area contributed by atoms with E-state index in [1.54, 1.807) is 19.2 Å². The molecule has 1 aromatic carbocycles. The minimum Gasteiger partial charge on any atom is -0.335 e. The number of hydrogen-bond acceptors (Lipinski definition) is 3. The fraction of sp³-hybridized carbons (Fsp3) is 0.611. The van der Waals surface area contributed by atoms with Crippen LogP contribution in [-0.2, 0) is 10.0 Å². The van der Waals surface area contributed by atoms with Gasteiger partial charge in [0.1, 0.15) is 0 Å². The van der Waals surface area contributed by atoms with Crippen molar-refractivity contribution in [1.29, 1.82) is 0 Å². The third-order valence-corrected chi connectivity index (χ3v) is 6.75. The van der Waals surface area contributed by atoms with Crippen molar-refractivity contribution < 1.29 is 13.2 Å². The zero-order chi connectivity index (χ0) is 18.4. The molecule has 2 rings (SSSR count). The largest absolute Gasteiger partial charge is 0.335 e. The maximum Gasteiger partial charge on any atom is 0.319 e. The second-order valence-electron chi connectivity index (χ2n) is 6.93. The van der Waals surface area contributed by atoms with Gasteiger partial charge >= 0.3 is 6.03 Å². The van der Waals surface area contributed by atoms with Crippen LogP contribution in [0, 0.1) is 0 Å². The molecule has 7 heteroatoms. The number of rotatable bonds is 5. The minimum absolute atomic E-state index is 0.117. The molecule has 0 heterocycles. The van der Waals surface area contributed by atoms with E-state index in [0.717, 1.165) is 25.7 Å². The Kier molecular flexibility index (Phi) is 6.84. The van der Waals surface area contributed by atoms with E-state index in [-0.39, 0.29) is 23.0 Å². The quantitative estimate of drug-likeness (QED) is 0.781. The molecule has 1 fully saturated rings. The number of anilines is 1. The summed E-state index contributed by atoms with van der Waals surface area (Å²) in [6.07, 6.45) is 6.82. The van der Waals surface area contributed by atoms with Gasteiger partial charge in [-0.2, -0.15) is 4.31 Å². The number of carbonyl (C=O) groups excluding carboxylic acids is 1. The fourth-order valence-corrected chi connectivity index (χ4v) is 4.30. The lowest BCUT2D eigenvalue weighted by Crippen LogP contribution is -2.37. The van der Waals surface area contributed by atoms with Gasteiger partial charge in [0.15, 0.2) is 0 Å². The normalized spacial score (nSPS) is 16.7. The molecular weight excluding hydrogens is 338 g/mol. The average Bonchev–Trinajstić information content (AvgIpc) is 2.83. The van der Waals surface area contributed by atoms with Gasteiger partial charge in [0.25, 0.3) is 0 Å². The third kappa shape index (κ3) is 5.44. The first-order valence-corrected chi connectivity index (χ1v) is 10.4. The predicted molar refractivity (Wildman–Crippen MR) is 100 cm³/mol. The number of sulfonamides is 1. The topological polar surface area (TPSA) is 78.5 Å². The van der Waals surface area contributed by atoms with Crippen LogP contribution in [-0.4, -0.2) is 37.9 Å². The van der Waals surface area contributed by atoms with E-state index in [0.29, 0.717) is 5.69 Å². The van der Waals surface area contributed by atoms with E-state index in [4.69, 9.17) is 0 Å². The highest BCUT2D eigenvalue weighted by molar-refractivity contribution is 7.89. The lowest BCUT2D eigenvalue weighted by atomic mass is 10.1. The predicted octanol–water partition coefficient (Wildman–Crippen LogP) is 3.56. The summed E-state index contributed by atoms with van der Waals surface area (Å²) in [5, 5.41) is 5.79. The number of urea groups is 1. The molecule has 2 N–H and O–H groups in total. The first-order valence-electron chi connectivity index (χ1n) is 8.96. The van der Waals surface area contributed by atoms with Gasteiger partial charge in [0.2, 0.25) is 10.0 Å². The monoisotopic (exact) mass is 367 g/mol.